The highest BCUT2D eigenvalue weighted by atomic mass is 32.1. The van der Waals surface area contributed by atoms with E-state index in [0.717, 1.165) is 30.6 Å². The zero-order valence-corrected chi connectivity index (χ0v) is 15.5. The van der Waals surface area contributed by atoms with Gasteiger partial charge in [0.25, 0.3) is 5.91 Å². The van der Waals surface area contributed by atoms with Crippen molar-refractivity contribution >= 4 is 39.9 Å². The Hall–Kier alpha value is -2.87. The maximum atomic E-state index is 12.5. The van der Waals surface area contributed by atoms with Crippen LogP contribution in [-0.2, 0) is 4.79 Å². The number of carbonyl (C=O) groups is 3. The summed E-state index contributed by atoms with van der Waals surface area (Å²) in [6.45, 7) is 0. The van der Waals surface area contributed by atoms with Crippen molar-refractivity contribution in [3.63, 3.8) is 0 Å². The zero-order valence-electron chi connectivity index (χ0n) is 14.7. The summed E-state index contributed by atoms with van der Waals surface area (Å²) in [5.41, 5.74) is -0.539. The third kappa shape index (κ3) is 4.65. The number of aliphatic carboxylic acids is 1. The van der Waals surface area contributed by atoms with Crippen LogP contribution >= 0.6 is 11.3 Å². The predicted octanol–water partition coefficient (Wildman–Crippen LogP) is 3.91. The smallest absolute Gasteiger partial charge is 0.329 e. The predicted molar refractivity (Wildman–Crippen MR) is 104 cm³/mol. The number of urea groups is 1. The average molecular weight is 387 g/mol. The molecular weight excluding hydrogens is 366 g/mol. The van der Waals surface area contributed by atoms with Crippen LogP contribution in [0.2, 0.25) is 0 Å². The van der Waals surface area contributed by atoms with Gasteiger partial charge in [0, 0.05) is 5.69 Å². The Balaban J connectivity index is 1.61. The minimum absolute atomic E-state index is 0.358. The fourth-order valence-corrected chi connectivity index (χ4v) is 3.95. The summed E-state index contributed by atoms with van der Waals surface area (Å²) in [6.07, 6.45) is 3.41. The van der Waals surface area contributed by atoms with E-state index in [2.05, 4.69) is 16.0 Å². The molecule has 142 valence electrons. The molecule has 8 heteroatoms. The van der Waals surface area contributed by atoms with Crippen LogP contribution in [0.4, 0.5) is 15.5 Å². The Bertz CT molecular complexity index is 828. The number of carboxylic acid groups (broad SMARTS) is 1. The van der Waals surface area contributed by atoms with Crippen LogP contribution in [0.25, 0.3) is 0 Å². The topological polar surface area (TPSA) is 108 Å². The van der Waals surface area contributed by atoms with Crippen molar-refractivity contribution in [2.45, 2.75) is 37.6 Å². The SMILES string of the molecule is O=C(Nc1ccccc1)Nc1ccc(C(=O)NC2(C(=O)O)CCCCC2)s1. The highest BCUT2D eigenvalue weighted by molar-refractivity contribution is 7.18. The lowest BCUT2D eigenvalue weighted by Crippen LogP contribution is -2.55. The molecule has 1 saturated carbocycles. The van der Waals surface area contributed by atoms with E-state index in [1.807, 2.05) is 18.2 Å². The van der Waals surface area contributed by atoms with Crippen LogP contribution in [0.15, 0.2) is 42.5 Å². The number of benzene rings is 1. The minimum Gasteiger partial charge on any atom is -0.480 e. The molecular formula is C19H21N3O4S. The van der Waals surface area contributed by atoms with Gasteiger partial charge in [-0.2, -0.15) is 0 Å². The Morgan fingerprint density at radius 3 is 2.30 bits per heavy atom. The van der Waals surface area contributed by atoms with Crippen LogP contribution in [0.3, 0.4) is 0 Å². The number of hydrogen-bond donors (Lipinski definition) is 4. The van der Waals surface area contributed by atoms with E-state index < -0.39 is 23.4 Å². The summed E-state index contributed by atoms with van der Waals surface area (Å²) >= 11 is 1.10. The lowest BCUT2D eigenvalue weighted by Gasteiger charge is -2.33. The molecule has 0 unspecified atom stereocenters. The summed E-state index contributed by atoms with van der Waals surface area (Å²) in [5.74, 6) is -1.42. The molecule has 3 amide bonds. The molecule has 3 rings (SSSR count). The van der Waals surface area contributed by atoms with E-state index in [1.165, 1.54) is 0 Å². The number of rotatable bonds is 5. The van der Waals surface area contributed by atoms with Crippen LogP contribution in [0.5, 0.6) is 0 Å². The third-order valence-electron chi connectivity index (χ3n) is 4.57. The van der Waals surface area contributed by atoms with Crippen molar-refractivity contribution < 1.29 is 19.5 Å². The number of thiophene rings is 1. The molecule has 1 aromatic heterocycles. The highest BCUT2D eigenvalue weighted by Crippen LogP contribution is 2.30. The van der Waals surface area contributed by atoms with Crippen molar-refractivity contribution in [1.29, 1.82) is 0 Å². The number of nitrogens with one attached hydrogen (secondary N) is 3. The van der Waals surface area contributed by atoms with Crippen molar-refractivity contribution in [2.75, 3.05) is 10.6 Å². The summed E-state index contributed by atoms with van der Waals surface area (Å²) in [5, 5.41) is 18.1. The van der Waals surface area contributed by atoms with Gasteiger partial charge in [-0.3, -0.25) is 10.1 Å². The van der Waals surface area contributed by atoms with E-state index >= 15 is 0 Å². The molecule has 0 radical (unpaired) electrons. The lowest BCUT2D eigenvalue weighted by molar-refractivity contribution is -0.145. The van der Waals surface area contributed by atoms with Gasteiger partial charge >= 0.3 is 12.0 Å². The Morgan fingerprint density at radius 2 is 1.63 bits per heavy atom. The molecule has 1 aliphatic carbocycles. The normalized spacial score (nSPS) is 15.6. The number of hydrogen-bond acceptors (Lipinski definition) is 4. The van der Waals surface area contributed by atoms with Crippen LogP contribution in [0.1, 0.15) is 41.8 Å². The maximum Gasteiger partial charge on any atom is 0.329 e. The fourth-order valence-electron chi connectivity index (χ4n) is 3.15. The molecule has 27 heavy (non-hydrogen) atoms. The molecule has 4 N–H and O–H groups in total. The van der Waals surface area contributed by atoms with Crippen molar-refractivity contribution in [2.24, 2.45) is 0 Å². The van der Waals surface area contributed by atoms with E-state index in [-0.39, 0.29) is 0 Å². The van der Waals surface area contributed by atoms with Gasteiger partial charge in [-0.05, 0) is 37.1 Å². The summed E-state index contributed by atoms with van der Waals surface area (Å²) < 4.78 is 0. The second kappa shape index (κ2) is 8.22. The number of carboxylic acids is 1. The first kappa shape index (κ1) is 18.9. The first-order valence-electron chi connectivity index (χ1n) is 8.77. The molecule has 1 aliphatic rings. The number of amides is 3. The van der Waals surface area contributed by atoms with Crippen LogP contribution in [0, 0.1) is 0 Å². The standard InChI is InChI=1S/C19H21N3O4S/c23-16(22-19(17(24)25)11-5-2-6-12-19)14-9-10-15(27-14)21-18(26)20-13-7-3-1-4-8-13/h1,3-4,7-10H,2,5-6,11-12H2,(H,22,23)(H,24,25)(H2,20,21,26). The Morgan fingerprint density at radius 1 is 0.926 bits per heavy atom. The quantitative estimate of drug-likeness (QED) is 0.624. The van der Waals surface area contributed by atoms with E-state index in [0.29, 0.717) is 28.4 Å². The van der Waals surface area contributed by atoms with Crippen molar-refractivity contribution in [3.8, 4) is 0 Å². The molecule has 0 atom stereocenters. The fraction of sp³-hybridized carbons (Fsp3) is 0.316. The first-order chi connectivity index (χ1) is 13.0. The lowest BCUT2D eigenvalue weighted by atomic mass is 9.81. The molecule has 0 spiro atoms. The number of anilines is 2. The molecule has 1 aromatic carbocycles. The van der Waals surface area contributed by atoms with Crippen LogP contribution < -0.4 is 16.0 Å². The van der Waals surface area contributed by atoms with Gasteiger partial charge in [0.05, 0.1) is 9.88 Å². The minimum atomic E-state index is -1.20. The van der Waals surface area contributed by atoms with Gasteiger partial charge in [-0.15, -0.1) is 11.3 Å². The average Bonchev–Trinajstić information content (AvgIpc) is 3.11. The maximum absolute atomic E-state index is 12.5. The zero-order chi connectivity index (χ0) is 19.3. The Labute approximate surface area is 160 Å². The van der Waals surface area contributed by atoms with Gasteiger partial charge in [-0.1, -0.05) is 37.5 Å². The van der Waals surface area contributed by atoms with Crippen LogP contribution in [-0.4, -0.2) is 28.6 Å². The van der Waals surface area contributed by atoms with E-state index in [4.69, 9.17) is 0 Å². The highest BCUT2D eigenvalue weighted by Gasteiger charge is 2.41. The summed E-state index contributed by atoms with van der Waals surface area (Å²) in [7, 11) is 0. The van der Waals surface area contributed by atoms with Gasteiger partial charge in [0.2, 0.25) is 0 Å². The number of carbonyl (C=O) groups excluding carboxylic acids is 2. The summed E-state index contributed by atoms with van der Waals surface area (Å²) in [6, 6.07) is 11.8. The van der Waals surface area contributed by atoms with Crippen molar-refractivity contribution in [1.82, 2.24) is 5.32 Å². The van der Waals surface area contributed by atoms with Gasteiger partial charge in [0.1, 0.15) is 5.54 Å². The monoisotopic (exact) mass is 387 g/mol. The van der Waals surface area contributed by atoms with Crippen molar-refractivity contribution in [3.05, 3.63) is 47.3 Å². The summed E-state index contributed by atoms with van der Waals surface area (Å²) in [4.78, 5) is 36.6. The van der Waals surface area contributed by atoms with E-state index in [9.17, 15) is 19.5 Å². The van der Waals surface area contributed by atoms with Gasteiger partial charge in [-0.25, -0.2) is 9.59 Å². The first-order valence-corrected chi connectivity index (χ1v) is 9.59. The van der Waals surface area contributed by atoms with Gasteiger partial charge in [0.15, 0.2) is 0 Å². The second-order valence-corrected chi connectivity index (χ2v) is 7.59. The molecule has 1 heterocycles. The molecule has 1 fully saturated rings. The molecule has 7 nitrogen and oxygen atoms in total. The molecule has 0 bridgehead atoms. The molecule has 2 aromatic rings. The molecule has 0 saturated heterocycles. The third-order valence-corrected chi connectivity index (χ3v) is 5.57. The van der Waals surface area contributed by atoms with Gasteiger partial charge < -0.3 is 15.7 Å². The largest absolute Gasteiger partial charge is 0.480 e. The van der Waals surface area contributed by atoms with E-state index in [1.54, 1.807) is 24.3 Å². The molecule has 0 aliphatic heterocycles. The number of para-hydroxylation sites is 1. The second-order valence-electron chi connectivity index (χ2n) is 6.51. The Kier molecular flexibility index (Phi) is 5.75.